The summed E-state index contributed by atoms with van der Waals surface area (Å²) in [6.07, 6.45) is -4.59. The number of nitrogens with one attached hydrogen (secondary N) is 1. The molecule has 9 heteroatoms. The molecule has 0 saturated heterocycles. The summed E-state index contributed by atoms with van der Waals surface area (Å²) in [6.45, 7) is -1.60. The minimum Gasteiger partial charge on any atom is -0.482 e. The number of anilines is 1. The van der Waals surface area contributed by atoms with Gasteiger partial charge in [0.05, 0.1) is 11.3 Å². The van der Waals surface area contributed by atoms with Gasteiger partial charge in [-0.15, -0.1) is 0 Å². The quantitative estimate of drug-likeness (QED) is 0.727. The van der Waals surface area contributed by atoms with Crippen LogP contribution in [0, 0.1) is 11.6 Å². The number of amides is 1. The zero-order valence-corrected chi connectivity index (χ0v) is 13.3. The fourth-order valence-corrected chi connectivity index (χ4v) is 2.28. The highest BCUT2D eigenvalue weighted by molar-refractivity contribution is 9.10. The van der Waals surface area contributed by atoms with Gasteiger partial charge in [0.15, 0.2) is 6.61 Å². The molecule has 0 aliphatic heterocycles. The number of halogens is 6. The van der Waals surface area contributed by atoms with Crippen molar-refractivity contribution in [1.82, 2.24) is 0 Å². The van der Waals surface area contributed by atoms with E-state index in [-0.39, 0.29) is 21.5 Å². The summed E-state index contributed by atoms with van der Waals surface area (Å²) in [6, 6.07) is 5.94. The van der Waals surface area contributed by atoms with Crippen molar-refractivity contribution in [3.05, 3.63) is 58.1 Å². The number of benzene rings is 2. The van der Waals surface area contributed by atoms with Crippen molar-refractivity contribution in [2.75, 3.05) is 11.9 Å². The van der Waals surface area contributed by atoms with Crippen molar-refractivity contribution in [3.8, 4) is 5.75 Å². The zero-order chi connectivity index (χ0) is 17.9. The first-order valence-electron chi connectivity index (χ1n) is 6.41. The van der Waals surface area contributed by atoms with E-state index in [2.05, 4.69) is 26.0 Å². The fraction of sp³-hybridized carbons (Fsp3) is 0.133. The van der Waals surface area contributed by atoms with Crippen LogP contribution in [0.5, 0.6) is 5.75 Å². The number of carbonyl (C=O) groups is 1. The standard InChI is InChI=1S/C15H9BrF5NO2/c16-11-5-8(17)1-3-10(11)14(23)22-12-6-9(18)2-4-13(12)24-7-15(19,20)21/h1-6H,7H2,(H,22,23). The molecule has 0 heterocycles. The van der Waals surface area contributed by atoms with E-state index in [1.807, 2.05) is 0 Å². The summed E-state index contributed by atoms with van der Waals surface area (Å²) >= 11 is 3.00. The molecule has 1 amide bonds. The van der Waals surface area contributed by atoms with Crippen molar-refractivity contribution >= 4 is 27.5 Å². The van der Waals surface area contributed by atoms with Crippen molar-refractivity contribution in [2.45, 2.75) is 6.18 Å². The van der Waals surface area contributed by atoms with Crippen LogP contribution in [0.1, 0.15) is 10.4 Å². The third kappa shape index (κ3) is 4.92. The van der Waals surface area contributed by atoms with Crippen molar-refractivity contribution in [2.24, 2.45) is 0 Å². The second-order valence-electron chi connectivity index (χ2n) is 4.62. The van der Waals surface area contributed by atoms with Gasteiger partial charge in [-0.25, -0.2) is 8.78 Å². The maximum Gasteiger partial charge on any atom is 0.422 e. The second-order valence-corrected chi connectivity index (χ2v) is 5.48. The lowest BCUT2D eigenvalue weighted by Gasteiger charge is -2.14. The molecule has 0 fully saturated rings. The normalized spacial score (nSPS) is 11.2. The predicted molar refractivity (Wildman–Crippen MR) is 80.0 cm³/mol. The molecule has 0 saturated carbocycles. The van der Waals surface area contributed by atoms with Gasteiger partial charge in [-0.2, -0.15) is 13.2 Å². The molecular formula is C15H9BrF5NO2. The lowest BCUT2D eigenvalue weighted by Crippen LogP contribution is -2.20. The lowest BCUT2D eigenvalue weighted by molar-refractivity contribution is -0.153. The molecule has 0 spiro atoms. The molecular weight excluding hydrogens is 401 g/mol. The van der Waals surface area contributed by atoms with Crippen LogP contribution in [-0.2, 0) is 0 Å². The van der Waals surface area contributed by atoms with Crippen LogP contribution < -0.4 is 10.1 Å². The SMILES string of the molecule is O=C(Nc1cc(F)ccc1OCC(F)(F)F)c1ccc(F)cc1Br. The topological polar surface area (TPSA) is 38.3 Å². The van der Waals surface area contributed by atoms with Gasteiger partial charge in [0.25, 0.3) is 5.91 Å². The van der Waals surface area contributed by atoms with E-state index in [4.69, 9.17) is 0 Å². The summed E-state index contributed by atoms with van der Waals surface area (Å²) < 4.78 is 67.8. The molecule has 0 radical (unpaired) electrons. The van der Waals surface area contributed by atoms with E-state index < -0.39 is 30.3 Å². The molecule has 1 N–H and O–H groups in total. The number of ether oxygens (including phenoxy) is 1. The maximum atomic E-state index is 13.3. The zero-order valence-electron chi connectivity index (χ0n) is 11.8. The monoisotopic (exact) mass is 409 g/mol. The number of hydrogen-bond acceptors (Lipinski definition) is 2. The Morgan fingerprint density at radius 1 is 1.08 bits per heavy atom. The van der Waals surface area contributed by atoms with E-state index in [0.29, 0.717) is 0 Å². The molecule has 0 aliphatic carbocycles. The average Bonchev–Trinajstić information content (AvgIpc) is 2.45. The maximum absolute atomic E-state index is 13.3. The van der Waals surface area contributed by atoms with Crippen molar-refractivity contribution in [1.29, 1.82) is 0 Å². The molecule has 0 atom stereocenters. The highest BCUT2D eigenvalue weighted by Crippen LogP contribution is 2.29. The van der Waals surface area contributed by atoms with Crippen LogP contribution >= 0.6 is 15.9 Å². The molecule has 3 nitrogen and oxygen atoms in total. The van der Waals surface area contributed by atoms with Gasteiger partial charge in [-0.1, -0.05) is 0 Å². The number of carbonyl (C=O) groups excluding carboxylic acids is 1. The first kappa shape index (κ1) is 18.2. The van der Waals surface area contributed by atoms with E-state index in [0.717, 1.165) is 30.3 Å². The Kier molecular flexibility index (Phi) is 5.43. The third-order valence-corrected chi connectivity index (χ3v) is 3.41. The van der Waals surface area contributed by atoms with Crippen molar-refractivity contribution in [3.63, 3.8) is 0 Å². The Hall–Kier alpha value is -2.16. The summed E-state index contributed by atoms with van der Waals surface area (Å²) in [5.74, 6) is -2.48. The number of rotatable bonds is 4. The van der Waals surface area contributed by atoms with Gasteiger partial charge in [0, 0.05) is 10.5 Å². The molecule has 0 aliphatic rings. The Balaban J connectivity index is 2.24. The molecule has 2 aromatic carbocycles. The minimum atomic E-state index is -4.59. The summed E-state index contributed by atoms with van der Waals surface area (Å²) in [5, 5.41) is 2.24. The van der Waals surface area contributed by atoms with E-state index >= 15 is 0 Å². The second kappa shape index (κ2) is 7.16. The Morgan fingerprint density at radius 3 is 2.33 bits per heavy atom. The molecule has 0 aromatic heterocycles. The predicted octanol–water partition coefficient (Wildman–Crippen LogP) is 4.92. The van der Waals surface area contributed by atoms with Gasteiger partial charge < -0.3 is 10.1 Å². The molecule has 128 valence electrons. The van der Waals surface area contributed by atoms with Crippen LogP contribution in [0.4, 0.5) is 27.6 Å². The summed E-state index contributed by atoms with van der Waals surface area (Å²) in [4.78, 5) is 12.1. The number of hydrogen-bond donors (Lipinski definition) is 1. The molecule has 2 rings (SSSR count). The minimum absolute atomic E-state index is 0.0161. The van der Waals surface area contributed by atoms with E-state index in [1.165, 1.54) is 6.07 Å². The first-order valence-corrected chi connectivity index (χ1v) is 7.20. The highest BCUT2D eigenvalue weighted by Gasteiger charge is 2.29. The van der Waals surface area contributed by atoms with Crippen LogP contribution in [0.3, 0.4) is 0 Å². The Bertz CT molecular complexity index is 764. The van der Waals surface area contributed by atoms with Gasteiger partial charge in [0.1, 0.15) is 17.4 Å². The lowest BCUT2D eigenvalue weighted by atomic mass is 10.2. The number of alkyl halides is 3. The van der Waals surface area contributed by atoms with Gasteiger partial charge >= 0.3 is 6.18 Å². The van der Waals surface area contributed by atoms with Gasteiger partial charge in [-0.05, 0) is 46.3 Å². The Labute approximate surface area is 141 Å². The van der Waals surface area contributed by atoms with Crippen LogP contribution in [0.15, 0.2) is 40.9 Å². The average molecular weight is 410 g/mol. The molecule has 2 aromatic rings. The fourth-order valence-electron chi connectivity index (χ4n) is 1.75. The van der Waals surface area contributed by atoms with Crippen molar-refractivity contribution < 1.29 is 31.5 Å². The summed E-state index contributed by atoms with van der Waals surface area (Å²) in [7, 11) is 0. The third-order valence-electron chi connectivity index (χ3n) is 2.76. The molecule has 0 unspecified atom stereocenters. The molecule has 24 heavy (non-hydrogen) atoms. The Morgan fingerprint density at radius 2 is 1.71 bits per heavy atom. The summed E-state index contributed by atoms with van der Waals surface area (Å²) in [5.41, 5.74) is -0.261. The van der Waals surface area contributed by atoms with E-state index in [9.17, 15) is 26.7 Å². The van der Waals surface area contributed by atoms with Crippen LogP contribution in [-0.4, -0.2) is 18.7 Å². The van der Waals surface area contributed by atoms with Crippen LogP contribution in [0.25, 0.3) is 0 Å². The van der Waals surface area contributed by atoms with E-state index in [1.54, 1.807) is 0 Å². The highest BCUT2D eigenvalue weighted by atomic mass is 79.9. The first-order chi connectivity index (χ1) is 11.2. The van der Waals surface area contributed by atoms with Gasteiger partial charge in [0.2, 0.25) is 0 Å². The smallest absolute Gasteiger partial charge is 0.422 e. The largest absolute Gasteiger partial charge is 0.482 e. The molecule has 0 bridgehead atoms. The van der Waals surface area contributed by atoms with Crippen LogP contribution in [0.2, 0.25) is 0 Å². The van der Waals surface area contributed by atoms with Gasteiger partial charge in [-0.3, -0.25) is 4.79 Å².